The zero-order valence-corrected chi connectivity index (χ0v) is 23.5. The van der Waals surface area contributed by atoms with Gasteiger partial charge in [-0.1, -0.05) is 56.8 Å². The van der Waals surface area contributed by atoms with Crippen LogP contribution in [0.25, 0.3) is 11.4 Å². The van der Waals surface area contributed by atoms with Crippen LogP contribution in [0.5, 0.6) is 17.2 Å². The van der Waals surface area contributed by atoms with Crippen molar-refractivity contribution >= 4 is 29.9 Å². The topological polar surface area (TPSA) is 117 Å². The standard InChI is InChI=1S/C27H33N5O5S/c1-8-32-25(19-9-11-20(12-10-19)27(3,4)5)30-31-26(32)38-16-23(34)29-28-15-18-13-21(35-6)24(37-17(2)33)22(14-18)36-7/h9-15H,8,16H2,1-7H3,(H,29,34). The number of nitrogens with one attached hydrogen (secondary N) is 1. The average Bonchev–Trinajstić information content (AvgIpc) is 3.30. The van der Waals surface area contributed by atoms with Crippen LogP contribution in [0.1, 0.15) is 45.7 Å². The molecule has 0 spiro atoms. The summed E-state index contributed by atoms with van der Waals surface area (Å²) in [4.78, 5) is 23.8. The van der Waals surface area contributed by atoms with Crippen molar-refractivity contribution in [3.05, 3.63) is 47.5 Å². The molecule has 1 heterocycles. The van der Waals surface area contributed by atoms with Crippen molar-refractivity contribution in [2.45, 2.75) is 51.7 Å². The van der Waals surface area contributed by atoms with Gasteiger partial charge in [-0.3, -0.25) is 9.59 Å². The Morgan fingerprint density at radius 2 is 1.71 bits per heavy atom. The largest absolute Gasteiger partial charge is 0.493 e. The van der Waals surface area contributed by atoms with E-state index in [1.54, 1.807) is 12.1 Å². The van der Waals surface area contributed by atoms with Crippen molar-refractivity contribution in [1.82, 2.24) is 20.2 Å². The lowest BCUT2D eigenvalue weighted by atomic mass is 9.87. The first-order valence-corrected chi connectivity index (χ1v) is 13.0. The minimum absolute atomic E-state index is 0.0688. The predicted molar refractivity (Wildman–Crippen MR) is 147 cm³/mol. The zero-order chi connectivity index (χ0) is 27.9. The van der Waals surface area contributed by atoms with Crippen LogP contribution in [0.3, 0.4) is 0 Å². The van der Waals surface area contributed by atoms with Gasteiger partial charge in [0.2, 0.25) is 5.75 Å². The Kier molecular flexibility index (Phi) is 9.51. The maximum Gasteiger partial charge on any atom is 0.308 e. The van der Waals surface area contributed by atoms with Gasteiger partial charge in [0.25, 0.3) is 5.91 Å². The second-order valence-electron chi connectivity index (χ2n) is 9.31. The third-order valence-electron chi connectivity index (χ3n) is 5.51. The number of carbonyl (C=O) groups is 2. The molecule has 0 atom stereocenters. The van der Waals surface area contributed by atoms with E-state index in [0.717, 1.165) is 11.4 Å². The summed E-state index contributed by atoms with van der Waals surface area (Å²) >= 11 is 1.28. The fourth-order valence-electron chi connectivity index (χ4n) is 3.57. The Labute approximate surface area is 226 Å². The quantitative estimate of drug-likeness (QED) is 0.132. The number of rotatable bonds is 10. The lowest BCUT2D eigenvalue weighted by Crippen LogP contribution is -2.20. The molecule has 1 N–H and O–H groups in total. The van der Waals surface area contributed by atoms with E-state index in [1.807, 2.05) is 11.5 Å². The van der Waals surface area contributed by atoms with E-state index in [4.69, 9.17) is 14.2 Å². The maximum absolute atomic E-state index is 12.4. The van der Waals surface area contributed by atoms with Gasteiger partial charge in [-0.15, -0.1) is 10.2 Å². The Morgan fingerprint density at radius 3 is 2.24 bits per heavy atom. The lowest BCUT2D eigenvalue weighted by molar-refractivity contribution is -0.132. The number of ether oxygens (including phenoxy) is 3. The van der Waals surface area contributed by atoms with E-state index < -0.39 is 5.97 Å². The van der Waals surface area contributed by atoms with Crippen molar-refractivity contribution in [2.75, 3.05) is 20.0 Å². The molecule has 0 bridgehead atoms. The first-order chi connectivity index (χ1) is 18.1. The molecule has 0 saturated heterocycles. The Morgan fingerprint density at radius 1 is 1.08 bits per heavy atom. The summed E-state index contributed by atoms with van der Waals surface area (Å²) in [5, 5.41) is 13.3. The highest BCUT2D eigenvalue weighted by molar-refractivity contribution is 7.99. The normalized spacial score (nSPS) is 11.4. The highest BCUT2D eigenvalue weighted by atomic mass is 32.2. The van der Waals surface area contributed by atoms with Gasteiger partial charge in [-0.25, -0.2) is 5.43 Å². The highest BCUT2D eigenvalue weighted by Crippen LogP contribution is 2.38. The minimum Gasteiger partial charge on any atom is -0.493 e. The smallest absolute Gasteiger partial charge is 0.308 e. The SMILES string of the molecule is CCn1c(SCC(=O)NN=Cc2cc(OC)c(OC(C)=O)c(OC)c2)nnc1-c1ccc(C(C)(C)C)cc1. The molecular weight excluding hydrogens is 506 g/mol. The Balaban J connectivity index is 1.64. The molecule has 38 heavy (non-hydrogen) atoms. The van der Waals surface area contributed by atoms with Crippen molar-refractivity contribution < 1.29 is 23.8 Å². The van der Waals surface area contributed by atoms with Gasteiger partial charge in [-0.05, 0) is 30.0 Å². The number of amides is 1. The minimum atomic E-state index is -0.503. The molecule has 0 fully saturated rings. The van der Waals surface area contributed by atoms with Crippen LogP contribution in [0.2, 0.25) is 0 Å². The number of nitrogens with zero attached hydrogens (tertiary/aromatic N) is 4. The molecule has 202 valence electrons. The van der Waals surface area contributed by atoms with Crippen molar-refractivity contribution in [3.63, 3.8) is 0 Å². The number of aromatic nitrogens is 3. The van der Waals surface area contributed by atoms with Gasteiger partial charge in [0.05, 0.1) is 26.2 Å². The molecule has 1 amide bonds. The van der Waals surface area contributed by atoms with Crippen LogP contribution in [0.4, 0.5) is 0 Å². The van der Waals surface area contributed by atoms with Crippen molar-refractivity contribution in [3.8, 4) is 28.6 Å². The maximum atomic E-state index is 12.4. The molecular formula is C27H33N5O5S. The number of methoxy groups -OCH3 is 2. The van der Waals surface area contributed by atoms with E-state index >= 15 is 0 Å². The summed E-state index contributed by atoms with van der Waals surface area (Å²) in [6.45, 7) is 10.5. The molecule has 0 saturated carbocycles. The number of hydrogen-bond acceptors (Lipinski definition) is 9. The van der Waals surface area contributed by atoms with Crippen LogP contribution in [0.15, 0.2) is 46.7 Å². The van der Waals surface area contributed by atoms with Crippen LogP contribution in [-0.4, -0.2) is 52.8 Å². The molecule has 3 aromatic rings. The molecule has 0 aliphatic rings. The predicted octanol–water partition coefficient (Wildman–Crippen LogP) is 4.45. The summed E-state index contributed by atoms with van der Waals surface area (Å²) in [5.74, 6) is 0.826. The second kappa shape index (κ2) is 12.6. The number of esters is 1. The molecule has 10 nitrogen and oxygen atoms in total. The van der Waals surface area contributed by atoms with Gasteiger partial charge >= 0.3 is 5.97 Å². The van der Waals surface area contributed by atoms with Crippen molar-refractivity contribution in [2.24, 2.45) is 5.10 Å². The fraction of sp³-hybridized carbons (Fsp3) is 0.370. The van der Waals surface area contributed by atoms with Gasteiger partial charge in [0.1, 0.15) is 0 Å². The highest BCUT2D eigenvalue weighted by Gasteiger charge is 2.18. The monoisotopic (exact) mass is 539 g/mol. The summed E-state index contributed by atoms with van der Waals surface area (Å²) in [7, 11) is 2.89. The Hall–Kier alpha value is -3.86. The van der Waals surface area contributed by atoms with Crippen LogP contribution < -0.4 is 19.6 Å². The molecule has 0 unspecified atom stereocenters. The van der Waals surface area contributed by atoms with Gasteiger partial charge in [0.15, 0.2) is 22.5 Å². The first-order valence-electron chi connectivity index (χ1n) is 12.0. The van der Waals surface area contributed by atoms with E-state index in [1.165, 1.54) is 44.7 Å². The third kappa shape index (κ3) is 7.12. The summed E-state index contributed by atoms with van der Waals surface area (Å²) < 4.78 is 17.8. The summed E-state index contributed by atoms with van der Waals surface area (Å²) in [5.41, 5.74) is 5.37. The molecule has 0 aliphatic heterocycles. The van der Waals surface area contributed by atoms with Gasteiger partial charge in [-0.2, -0.15) is 5.10 Å². The molecule has 0 radical (unpaired) electrons. The van der Waals surface area contributed by atoms with E-state index in [0.29, 0.717) is 28.8 Å². The molecule has 0 aliphatic carbocycles. The first kappa shape index (κ1) is 28.7. The molecule has 3 rings (SSSR count). The summed E-state index contributed by atoms with van der Waals surface area (Å²) in [6, 6.07) is 11.6. The zero-order valence-electron chi connectivity index (χ0n) is 22.7. The molecule has 2 aromatic carbocycles. The van der Waals surface area contributed by atoms with E-state index in [9.17, 15) is 9.59 Å². The number of thioether (sulfide) groups is 1. The van der Waals surface area contributed by atoms with Crippen LogP contribution >= 0.6 is 11.8 Å². The van der Waals surface area contributed by atoms with Gasteiger partial charge < -0.3 is 18.8 Å². The second-order valence-corrected chi connectivity index (χ2v) is 10.3. The fourth-order valence-corrected chi connectivity index (χ4v) is 4.37. The van der Waals surface area contributed by atoms with Crippen LogP contribution in [0, 0.1) is 0 Å². The number of hydrogen-bond donors (Lipinski definition) is 1. The van der Waals surface area contributed by atoms with E-state index in [2.05, 4.69) is 65.8 Å². The lowest BCUT2D eigenvalue weighted by Gasteiger charge is -2.19. The Bertz CT molecular complexity index is 1290. The third-order valence-corrected chi connectivity index (χ3v) is 6.47. The van der Waals surface area contributed by atoms with Gasteiger partial charge in [0, 0.05) is 24.6 Å². The van der Waals surface area contributed by atoms with E-state index in [-0.39, 0.29) is 22.8 Å². The van der Waals surface area contributed by atoms with Crippen molar-refractivity contribution in [1.29, 1.82) is 0 Å². The number of benzene rings is 2. The van der Waals surface area contributed by atoms with Crippen LogP contribution in [-0.2, 0) is 21.5 Å². The average molecular weight is 540 g/mol. The number of hydrazone groups is 1. The molecule has 1 aromatic heterocycles. The molecule has 11 heteroatoms. The summed E-state index contributed by atoms with van der Waals surface area (Å²) in [6.07, 6.45) is 1.44. The number of carbonyl (C=O) groups excluding carboxylic acids is 2.